The van der Waals surface area contributed by atoms with Crippen molar-refractivity contribution in [1.29, 1.82) is 0 Å². The van der Waals surface area contributed by atoms with Crippen LogP contribution in [0.1, 0.15) is 23.2 Å². The number of nitrogens with two attached hydrogens (primary N) is 1. The molecule has 2 atom stereocenters. The minimum atomic E-state index is -1.32. The van der Waals surface area contributed by atoms with E-state index >= 15 is 0 Å². The van der Waals surface area contributed by atoms with Crippen LogP contribution in [0.4, 0.5) is 23.1 Å². The number of aromatic amines is 1. The molecule has 3 rings (SSSR count). The highest BCUT2D eigenvalue weighted by atomic mass is 16.4. The number of benzene rings is 1. The fourth-order valence-corrected chi connectivity index (χ4v) is 3.57. The molecule has 0 radical (unpaired) electrons. The van der Waals surface area contributed by atoms with Gasteiger partial charge < -0.3 is 36.8 Å². The number of anilines is 4. The van der Waals surface area contributed by atoms with Gasteiger partial charge in [-0.05, 0) is 30.7 Å². The van der Waals surface area contributed by atoms with E-state index in [-0.39, 0.29) is 42.6 Å². The topological polar surface area (TPSA) is 203 Å². The molecular formula is C22H25N7O6. The van der Waals surface area contributed by atoms with Gasteiger partial charge in [-0.25, -0.2) is 4.79 Å². The lowest BCUT2D eigenvalue weighted by molar-refractivity contribution is -0.140. The fourth-order valence-electron chi connectivity index (χ4n) is 3.57. The van der Waals surface area contributed by atoms with Crippen molar-refractivity contribution in [3.8, 4) is 12.3 Å². The van der Waals surface area contributed by atoms with Crippen molar-refractivity contribution in [2.45, 2.75) is 24.9 Å². The summed E-state index contributed by atoms with van der Waals surface area (Å²) >= 11 is 0. The molecule has 1 amide bonds. The Morgan fingerprint density at radius 3 is 2.63 bits per heavy atom. The molecule has 0 saturated carbocycles. The van der Waals surface area contributed by atoms with E-state index in [0.717, 1.165) is 0 Å². The summed E-state index contributed by atoms with van der Waals surface area (Å²) in [6.45, 7) is 1.13. The molecule has 0 fully saturated rings. The van der Waals surface area contributed by atoms with Crippen molar-refractivity contribution in [3.63, 3.8) is 0 Å². The number of amides is 1. The first kappa shape index (κ1) is 24.9. The van der Waals surface area contributed by atoms with Crippen LogP contribution in [0.25, 0.3) is 0 Å². The number of carboxylic acid groups (broad SMARTS) is 2. The van der Waals surface area contributed by atoms with Crippen LogP contribution in [-0.2, 0) is 9.59 Å². The molecular weight excluding hydrogens is 458 g/mol. The Hall–Kier alpha value is -4.73. The van der Waals surface area contributed by atoms with Crippen molar-refractivity contribution in [1.82, 2.24) is 15.3 Å². The van der Waals surface area contributed by atoms with Crippen LogP contribution >= 0.6 is 0 Å². The number of aliphatic carboxylic acids is 2. The molecule has 0 spiro atoms. The lowest BCUT2D eigenvalue weighted by Crippen LogP contribution is -2.45. The lowest BCUT2D eigenvalue weighted by Gasteiger charge is -2.32. The highest BCUT2D eigenvalue weighted by Crippen LogP contribution is 2.22. The first-order chi connectivity index (χ1) is 16.7. The number of terminal acetylenes is 1. The molecule has 0 aliphatic carbocycles. The van der Waals surface area contributed by atoms with Gasteiger partial charge in [-0.1, -0.05) is 5.92 Å². The summed E-state index contributed by atoms with van der Waals surface area (Å²) in [6.07, 6.45) is 4.91. The third-order valence-electron chi connectivity index (χ3n) is 5.27. The van der Waals surface area contributed by atoms with Gasteiger partial charge in [-0.15, -0.1) is 6.42 Å². The van der Waals surface area contributed by atoms with E-state index < -0.39 is 29.4 Å². The largest absolute Gasteiger partial charge is 0.481 e. The second-order valence-electron chi connectivity index (χ2n) is 7.83. The van der Waals surface area contributed by atoms with Gasteiger partial charge in [0.2, 0.25) is 5.95 Å². The Kier molecular flexibility index (Phi) is 7.77. The number of rotatable bonds is 10. The standard InChI is InChI=1S/C22H25N7O6/c1-2-9-29(11-13-10-24-18-17(25-13)20(33)28-22(23)27-18)14-5-3-12(4-6-14)19(32)26-15(21(34)35)7-8-16(30)31/h1,3-6,13,15,25H,7-11H2,(H,26,32)(H,30,31)(H,34,35)(H4,23,24,27,28,33). The maximum Gasteiger partial charge on any atom is 0.326 e. The van der Waals surface area contributed by atoms with E-state index in [2.05, 4.69) is 31.8 Å². The highest BCUT2D eigenvalue weighted by molar-refractivity contribution is 5.97. The number of nitrogen functional groups attached to an aromatic ring is 1. The quantitative estimate of drug-likeness (QED) is 0.219. The number of hydrogen-bond donors (Lipinski definition) is 7. The number of aromatic nitrogens is 2. The molecule has 1 aliphatic heterocycles. The van der Waals surface area contributed by atoms with Crippen LogP contribution in [0, 0.1) is 12.3 Å². The number of nitrogens with one attached hydrogen (secondary N) is 4. The smallest absolute Gasteiger partial charge is 0.326 e. The molecule has 2 heterocycles. The van der Waals surface area contributed by atoms with E-state index in [4.69, 9.17) is 17.3 Å². The first-order valence-corrected chi connectivity index (χ1v) is 10.6. The van der Waals surface area contributed by atoms with Gasteiger partial charge in [0.1, 0.15) is 11.7 Å². The molecule has 0 bridgehead atoms. The molecule has 35 heavy (non-hydrogen) atoms. The van der Waals surface area contributed by atoms with Crippen LogP contribution in [0.5, 0.6) is 0 Å². The Labute approximate surface area is 199 Å². The van der Waals surface area contributed by atoms with Crippen molar-refractivity contribution >= 4 is 41.0 Å². The number of hydrogen-bond acceptors (Lipinski definition) is 9. The SMILES string of the molecule is C#CCN(CC1CNc2nc(N)[nH]c(=O)c2N1)c1ccc(C(=O)NC(CCC(=O)O)C(=O)O)cc1. The summed E-state index contributed by atoms with van der Waals surface area (Å²) in [7, 11) is 0. The maximum absolute atomic E-state index is 12.5. The Morgan fingerprint density at radius 2 is 2.00 bits per heavy atom. The van der Waals surface area contributed by atoms with Gasteiger partial charge in [0.15, 0.2) is 5.82 Å². The van der Waals surface area contributed by atoms with E-state index in [1.807, 2.05) is 4.90 Å². The predicted molar refractivity (Wildman–Crippen MR) is 128 cm³/mol. The fraction of sp³-hybridized carbons (Fsp3) is 0.318. The Balaban J connectivity index is 1.68. The molecule has 2 aromatic rings. The molecule has 0 saturated heterocycles. The van der Waals surface area contributed by atoms with Gasteiger partial charge in [0.05, 0.1) is 12.6 Å². The molecule has 13 heteroatoms. The zero-order valence-corrected chi connectivity index (χ0v) is 18.6. The third-order valence-corrected chi connectivity index (χ3v) is 5.27. The number of H-pyrrole nitrogens is 1. The molecule has 2 unspecified atom stereocenters. The van der Waals surface area contributed by atoms with E-state index in [1.165, 1.54) is 12.1 Å². The average molecular weight is 483 g/mol. The second-order valence-corrected chi connectivity index (χ2v) is 7.83. The third kappa shape index (κ3) is 6.41. The monoisotopic (exact) mass is 483 g/mol. The van der Waals surface area contributed by atoms with Crippen LogP contribution in [0.15, 0.2) is 29.1 Å². The minimum Gasteiger partial charge on any atom is -0.481 e. The summed E-state index contributed by atoms with van der Waals surface area (Å²) in [4.78, 5) is 55.1. The highest BCUT2D eigenvalue weighted by Gasteiger charge is 2.24. The van der Waals surface area contributed by atoms with Gasteiger partial charge in [-0.3, -0.25) is 19.4 Å². The van der Waals surface area contributed by atoms with Crippen LogP contribution in [0.3, 0.4) is 0 Å². The van der Waals surface area contributed by atoms with Crippen molar-refractivity contribution < 1.29 is 24.6 Å². The Morgan fingerprint density at radius 1 is 1.29 bits per heavy atom. The lowest BCUT2D eigenvalue weighted by atomic mass is 10.1. The number of carbonyl (C=O) groups is 3. The molecule has 1 aromatic heterocycles. The summed E-state index contributed by atoms with van der Waals surface area (Å²) in [6, 6.07) is 4.84. The van der Waals surface area contributed by atoms with Gasteiger partial charge in [0.25, 0.3) is 11.5 Å². The zero-order chi connectivity index (χ0) is 25.5. The minimum absolute atomic E-state index is 0.0103. The molecule has 8 N–H and O–H groups in total. The zero-order valence-electron chi connectivity index (χ0n) is 18.6. The maximum atomic E-state index is 12.5. The van der Waals surface area contributed by atoms with Gasteiger partial charge in [0, 0.05) is 30.8 Å². The molecule has 184 valence electrons. The van der Waals surface area contributed by atoms with E-state index in [0.29, 0.717) is 24.6 Å². The summed E-state index contributed by atoms with van der Waals surface area (Å²) in [5.41, 5.74) is 6.36. The van der Waals surface area contributed by atoms with E-state index in [1.54, 1.807) is 12.1 Å². The number of carbonyl (C=O) groups excluding carboxylic acids is 1. The summed E-state index contributed by atoms with van der Waals surface area (Å²) in [5, 5.41) is 26.5. The van der Waals surface area contributed by atoms with E-state index in [9.17, 15) is 24.3 Å². The number of fused-ring (bicyclic) bond motifs is 1. The van der Waals surface area contributed by atoms with Gasteiger partial charge >= 0.3 is 11.9 Å². The second kappa shape index (κ2) is 10.9. The number of carboxylic acids is 2. The number of nitrogens with zero attached hydrogens (tertiary/aromatic N) is 2. The van der Waals surface area contributed by atoms with Crippen LogP contribution in [-0.4, -0.2) is 69.7 Å². The van der Waals surface area contributed by atoms with Gasteiger partial charge in [-0.2, -0.15) is 4.98 Å². The van der Waals surface area contributed by atoms with Crippen LogP contribution < -0.4 is 32.1 Å². The molecule has 1 aromatic carbocycles. The van der Waals surface area contributed by atoms with Crippen molar-refractivity contribution in [2.75, 3.05) is 40.9 Å². The molecule has 1 aliphatic rings. The Bertz CT molecular complexity index is 1200. The normalized spacial score (nSPS) is 14.9. The average Bonchev–Trinajstić information content (AvgIpc) is 2.81. The first-order valence-electron chi connectivity index (χ1n) is 10.6. The summed E-state index contributed by atoms with van der Waals surface area (Å²) < 4.78 is 0. The van der Waals surface area contributed by atoms with Crippen molar-refractivity contribution in [3.05, 3.63) is 40.2 Å². The predicted octanol–water partition coefficient (Wildman–Crippen LogP) is -0.254. The van der Waals surface area contributed by atoms with Crippen LogP contribution in [0.2, 0.25) is 0 Å². The van der Waals surface area contributed by atoms with Crippen molar-refractivity contribution in [2.24, 2.45) is 0 Å². The molecule has 13 nitrogen and oxygen atoms in total. The summed E-state index contributed by atoms with van der Waals surface area (Å²) in [5.74, 6) is -0.153.